The Bertz CT molecular complexity index is 1260. The van der Waals surface area contributed by atoms with Gasteiger partial charge in [-0.05, 0) is 62.5 Å². The van der Waals surface area contributed by atoms with Crippen molar-refractivity contribution in [3.63, 3.8) is 0 Å². The molecule has 1 N–H and O–H groups in total. The summed E-state index contributed by atoms with van der Waals surface area (Å²) >= 11 is 0. The minimum Gasteiger partial charge on any atom is -0.462 e. The highest BCUT2D eigenvalue weighted by molar-refractivity contribution is 6.04. The van der Waals surface area contributed by atoms with Gasteiger partial charge in [0.05, 0.1) is 35.4 Å². The van der Waals surface area contributed by atoms with Gasteiger partial charge < -0.3 is 14.6 Å². The number of aromatic nitrogens is 3. The molecule has 3 heterocycles. The van der Waals surface area contributed by atoms with Crippen LogP contribution in [0.2, 0.25) is 0 Å². The molecule has 0 spiro atoms. The molecule has 0 saturated carbocycles. The van der Waals surface area contributed by atoms with Crippen molar-refractivity contribution in [1.82, 2.24) is 19.9 Å². The number of likely N-dealkylation sites (tertiary alicyclic amines) is 1. The van der Waals surface area contributed by atoms with E-state index in [1.54, 1.807) is 18.6 Å². The van der Waals surface area contributed by atoms with E-state index in [4.69, 9.17) is 11.2 Å². The zero-order valence-corrected chi connectivity index (χ0v) is 20.3. The number of aromatic amines is 1. The molecule has 0 amide bonds. The van der Waals surface area contributed by atoms with Gasteiger partial charge in [0.2, 0.25) is 0 Å². The standard InChI is InChI=1S/C29H32N4O2/c1-3-5-6-11-22(10-4-2)27-28(32-21-31-27)23-12-13-26-25(20-23)24(14-15-30-26)29(34)35-19-9-18-33-16-7-8-17-33/h2,5-6,11-15,20-21H,3,7-10,16-19H2,1H3,(H,31,32)/b6-5-,22-11+. The van der Waals surface area contributed by atoms with E-state index in [1.807, 2.05) is 30.4 Å². The minimum atomic E-state index is -0.321. The van der Waals surface area contributed by atoms with Crippen LogP contribution in [0.25, 0.3) is 27.7 Å². The van der Waals surface area contributed by atoms with Crippen LogP contribution in [-0.4, -0.2) is 52.1 Å². The van der Waals surface area contributed by atoms with Crippen LogP contribution in [-0.2, 0) is 4.74 Å². The predicted molar refractivity (Wildman–Crippen MR) is 141 cm³/mol. The molecule has 1 aromatic carbocycles. The summed E-state index contributed by atoms with van der Waals surface area (Å²) in [5.74, 6) is 2.41. The molecule has 3 aromatic rings. The highest BCUT2D eigenvalue weighted by atomic mass is 16.5. The number of benzene rings is 1. The van der Waals surface area contributed by atoms with Crippen LogP contribution in [0.4, 0.5) is 0 Å². The molecule has 1 aliphatic heterocycles. The molecule has 1 saturated heterocycles. The highest BCUT2D eigenvalue weighted by Crippen LogP contribution is 2.30. The number of imidazole rings is 1. The van der Waals surface area contributed by atoms with Crippen molar-refractivity contribution in [3.05, 3.63) is 66.3 Å². The molecule has 1 aliphatic rings. The van der Waals surface area contributed by atoms with Gasteiger partial charge in [0, 0.05) is 30.1 Å². The van der Waals surface area contributed by atoms with Crippen molar-refractivity contribution in [3.8, 4) is 23.6 Å². The second kappa shape index (κ2) is 12.1. The molecule has 6 heteroatoms. The number of esters is 1. The summed E-state index contributed by atoms with van der Waals surface area (Å²) in [5.41, 5.74) is 4.78. The quantitative estimate of drug-likeness (QED) is 0.180. The number of H-pyrrole nitrogens is 1. The van der Waals surface area contributed by atoms with Crippen LogP contribution in [0.15, 0.2) is 55.0 Å². The second-order valence-corrected chi connectivity index (χ2v) is 8.66. The minimum absolute atomic E-state index is 0.321. The van der Waals surface area contributed by atoms with E-state index in [9.17, 15) is 4.79 Å². The van der Waals surface area contributed by atoms with Crippen LogP contribution < -0.4 is 0 Å². The van der Waals surface area contributed by atoms with Crippen molar-refractivity contribution in [2.75, 3.05) is 26.2 Å². The predicted octanol–water partition coefficient (Wildman–Crippen LogP) is 5.64. The maximum atomic E-state index is 12.9. The summed E-state index contributed by atoms with van der Waals surface area (Å²) < 4.78 is 5.62. The number of hydrogen-bond acceptors (Lipinski definition) is 5. The fourth-order valence-corrected chi connectivity index (χ4v) is 4.43. The van der Waals surface area contributed by atoms with Crippen molar-refractivity contribution >= 4 is 22.4 Å². The lowest BCUT2D eigenvalue weighted by Crippen LogP contribution is -2.22. The number of nitrogens with one attached hydrogen (secondary N) is 1. The Kier molecular flexibility index (Phi) is 8.48. The number of fused-ring (bicyclic) bond motifs is 1. The monoisotopic (exact) mass is 468 g/mol. The third kappa shape index (κ3) is 6.06. The van der Waals surface area contributed by atoms with Crippen molar-refractivity contribution < 1.29 is 9.53 Å². The first kappa shape index (κ1) is 24.4. The Morgan fingerprint density at radius 3 is 2.91 bits per heavy atom. The van der Waals surface area contributed by atoms with E-state index >= 15 is 0 Å². The van der Waals surface area contributed by atoms with Gasteiger partial charge in [0.15, 0.2) is 0 Å². The fraction of sp³-hybridized carbons (Fsp3) is 0.345. The molecule has 2 aromatic heterocycles. The SMILES string of the molecule is C#CC/C(=C\C=C/CC)c1nc[nH]c1-c1ccc2nccc(C(=O)OCCCN3CCCC3)c2c1. The van der Waals surface area contributed by atoms with Crippen molar-refractivity contribution in [1.29, 1.82) is 0 Å². The van der Waals surface area contributed by atoms with Gasteiger partial charge >= 0.3 is 5.97 Å². The Labute approximate surface area is 207 Å². The lowest BCUT2D eigenvalue weighted by atomic mass is 9.99. The Morgan fingerprint density at radius 1 is 1.26 bits per heavy atom. The fourth-order valence-electron chi connectivity index (χ4n) is 4.43. The van der Waals surface area contributed by atoms with Crippen molar-refractivity contribution in [2.45, 2.75) is 39.0 Å². The Morgan fingerprint density at radius 2 is 2.11 bits per heavy atom. The maximum Gasteiger partial charge on any atom is 0.338 e. The third-order valence-electron chi connectivity index (χ3n) is 6.21. The number of allylic oxidation sites excluding steroid dienone is 4. The van der Waals surface area contributed by atoms with Gasteiger partial charge in [-0.1, -0.05) is 31.2 Å². The molecule has 0 aliphatic carbocycles. The smallest absolute Gasteiger partial charge is 0.338 e. The van der Waals surface area contributed by atoms with Gasteiger partial charge in [-0.15, -0.1) is 12.3 Å². The summed E-state index contributed by atoms with van der Waals surface area (Å²) in [7, 11) is 0. The first-order valence-electron chi connectivity index (χ1n) is 12.3. The summed E-state index contributed by atoms with van der Waals surface area (Å²) in [6.45, 7) is 5.76. The first-order valence-corrected chi connectivity index (χ1v) is 12.3. The van der Waals surface area contributed by atoms with Gasteiger partial charge in [-0.3, -0.25) is 4.98 Å². The molecule has 35 heavy (non-hydrogen) atoms. The average Bonchev–Trinajstić information content (AvgIpc) is 3.58. The average molecular weight is 469 g/mol. The van der Waals surface area contributed by atoms with Crippen LogP contribution in [0.5, 0.6) is 0 Å². The maximum absolute atomic E-state index is 12.9. The lowest BCUT2D eigenvalue weighted by molar-refractivity contribution is 0.0493. The molecule has 0 radical (unpaired) electrons. The van der Waals surface area contributed by atoms with Gasteiger partial charge in [-0.2, -0.15) is 0 Å². The molecule has 0 unspecified atom stereocenters. The lowest BCUT2D eigenvalue weighted by Gasteiger charge is -2.14. The number of hydrogen-bond donors (Lipinski definition) is 1. The second-order valence-electron chi connectivity index (χ2n) is 8.66. The molecule has 4 rings (SSSR count). The third-order valence-corrected chi connectivity index (χ3v) is 6.21. The van der Waals surface area contributed by atoms with Crippen LogP contribution >= 0.6 is 0 Å². The number of pyridine rings is 1. The molecule has 0 atom stereocenters. The van der Waals surface area contributed by atoms with Crippen molar-refractivity contribution in [2.24, 2.45) is 0 Å². The first-order chi connectivity index (χ1) is 17.2. The number of ether oxygens (including phenoxy) is 1. The van der Waals surface area contributed by atoms with Gasteiger partial charge in [0.25, 0.3) is 0 Å². The van der Waals surface area contributed by atoms with Crippen LogP contribution in [0.1, 0.15) is 55.1 Å². The molecule has 1 fully saturated rings. The zero-order valence-electron chi connectivity index (χ0n) is 20.3. The molecular formula is C29H32N4O2. The van der Waals surface area contributed by atoms with E-state index < -0.39 is 0 Å². The van der Waals surface area contributed by atoms with E-state index in [1.165, 1.54) is 12.8 Å². The number of nitrogens with zero attached hydrogens (tertiary/aromatic N) is 3. The largest absolute Gasteiger partial charge is 0.462 e. The van der Waals surface area contributed by atoms with Crippen LogP contribution in [0, 0.1) is 12.3 Å². The van der Waals surface area contributed by atoms with E-state index in [0.717, 1.165) is 65.9 Å². The number of carbonyl (C=O) groups excluding carboxylic acids is 1. The highest BCUT2D eigenvalue weighted by Gasteiger charge is 2.17. The molecule has 6 nitrogen and oxygen atoms in total. The summed E-state index contributed by atoms with van der Waals surface area (Å²) in [5, 5.41) is 0.753. The van der Waals surface area contributed by atoms with E-state index in [-0.39, 0.29) is 5.97 Å². The topological polar surface area (TPSA) is 71.1 Å². The normalized spacial score (nSPS) is 14.6. The molecule has 180 valence electrons. The Balaban J connectivity index is 1.57. The van der Waals surface area contributed by atoms with Gasteiger partial charge in [0.1, 0.15) is 0 Å². The molecular weight excluding hydrogens is 436 g/mol. The van der Waals surface area contributed by atoms with E-state index in [0.29, 0.717) is 18.6 Å². The number of terminal acetylenes is 1. The van der Waals surface area contributed by atoms with Gasteiger partial charge in [-0.25, -0.2) is 9.78 Å². The molecule has 0 bridgehead atoms. The van der Waals surface area contributed by atoms with Crippen LogP contribution in [0.3, 0.4) is 0 Å². The zero-order chi connectivity index (χ0) is 24.5. The Hall–Kier alpha value is -3.69. The number of rotatable bonds is 10. The summed E-state index contributed by atoms with van der Waals surface area (Å²) in [6.07, 6.45) is 19.8. The number of carbonyl (C=O) groups is 1. The summed E-state index contributed by atoms with van der Waals surface area (Å²) in [4.78, 5) is 27.6. The summed E-state index contributed by atoms with van der Waals surface area (Å²) in [6, 6.07) is 7.59. The van der Waals surface area contributed by atoms with E-state index in [2.05, 4.69) is 38.8 Å².